The number of nitrogens with one attached hydrogen (secondary N) is 1. The van der Waals surface area contributed by atoms with Crippen LogP contribution in [0.25, 0.3) is 0 Å². The molecule has 2 aromatic carbocycles. The number of carbonyl (C=O) groups is 2. The van der Waals surface area contributed by atoms with Crippen LogP contribution in [0.4, 0.5) is 11.4 Å². The van der Waals surface area contributed by atoms with Crippen molar-refractivity contribution in [2.24, 2.45) is 0 Å². The summed E-state index contributed by atoms with van der Waals surface area (Å²) in [7, 11) is 0. The Bertz CT molecular complexity index is 746. The maximum Gasteiger partial charge on any atom is 0.338 e. The Hall–Kier alpha value is -2.93. The van der Waals surface area contributed by atoms with Crippen molar-refractivity contribution in [1.82, 2.24) is 0 Å². The number of hydrogen-bond donors (Lipinski definition) is 1. The van der Waals surface area contributed by atoms with Crippen molar-refractivity contribution in [3.05, 3.63) is 69.2 Å². The molecule has 0 heterocycles. The van der Waals surface area contributed by atoms with Crippen molar-refractivity contribution in [2.75, 3.05) is 11.9 Å². The molecule has 0 spiro atoms. The van der Waals surface area contributed by atoms with Crippen LogP contribution < -0.4 is 5.32 Å². The second-order valence-electron chi connectivity index (χ2n) is 4.44. The summed E-state index contributed by atoms with van der Waals surface area (Å²) in [4.78, 5) is 33.4. The third-order valence-electron chi connectivity index (χ3n) is 2.76. The highest BCUT2D eigenvalue weighted by atomic mass is 35.5. The fraction of sp³-hybridized carbons (Fsp3) is 0.0667. The molecule has 2 rings (SSSR count). The SMILES string of the molecule is O=C(COC(=O)c1ccc([N+](=O)[O-])cc1)Nc1cccc(Cl)c1. The first kappa shape index (κ1) is 16.4. The van der Waals surface area contributed by atoms with Crippen LogP contribution in [0.2, 0.25) is 5.02 Å². The third kappa shape index (κ3) is 4.79. The normalized spacial score (nSPS) is 9.96. The average molecular weight is 335 g/mol. The number of esters is 1. The minimum atomic E-state index is -0.749. The molecule has 23 heavy (non-hydrogen) atoms. The van der Waals surface area contributed by atoms with Crippen molar-refractivity contribution >= 4 is 34.9 Å². The lowest BCUT2D eigenvalue weighted by atomic mass is 10.2. The summed E-state index contributed by atoms with van der Waals surface area (Å²) in [6.07, 6.45) is 0. The number of nitro benzene ring substituents is 1. The number of nitro groups is 1. The van der Waals surface area contributed by atoms with Gasteiger partial charge in [0.25, 0.3) is 11.6 Å². The second kappa shape index (κ2) is 7.37. The number of amides is 1. The molecule has 0 fully saturated rings. The van der Waals surface area contributed by atoms with Crippen molar-refractivity contribution in [3.8, 4) is 0 Å². The van der Waals surface area contributed by atoms with E-state index in [1.54, 1.807) is 24.3 Å². The lowest BCUT2D eigenvalue weighted by Crippen LogP contribution is -2.20. The first-order valence-electron chi connectivity index (χ1n) is 6.43. The van der Waals surface area contributed by atoms with Gasteiger partial charge in [0.05, 0.1) is 10.5 Å². The van der Waals surface area contributed by atoms with Gasteiger partial charge in [-0.25, -0.2) is 4.79 Å². The lowest BCUT2D eigenvalue weighted by molar-refractivity contribution is -0.384. The van der Waals surface area contributed by atoms with Crippen molar-refractivity contribution in [2.45, 2.75) is 0 Å². The molecule has 0 aliphatic heterocycles. The van der Waals surface area contributed by atoms with Crippen molar-refractivity contribution < 1.29 is 19.2 Å². The molecule has 0 saturated carbocycles. The van der Waals surface area contributed by atoms with E-state index >= 15 is 0 Å². The van der Waals surface area contributed by atoms with Crippen LogP contribution in [0.15, 0.2) is 48.5 Å². The number of hydrogen-bond acceptors (Lipinski definition) is 5. The Labute approximate surface area is 136 Å². The van der Waals surface area contributed by atoms with Gasteiger partial charge in [-0.15, -0.1) is 0 Å². The Morgan fingerprint density at radius 1 is 1.17 bits per heavy atom. The minimum Gasteiger partial charge on any atom is -0.452 e. The molecule has 1 N–H and O–H groups in total. The summed E-state index contributed by atoms with van der Waals surface area (Å²) in [6.45, 7) is -0.484. The number of halogens is 1. The number of non-ortho nitro benzene ring substituents is 1. The predicted molar refractivity (Wildman–Crippen MR) is 83.5 cm³/mol. The van der Waals surface area contributed by atoms with E-state index in [1.165, 1.54) is 24.3 Å². The number of carbonyl (C=O) groups excluding carboxylic acids is 2. The topological polar surface area (TPSA) is 98.5 Å². The summed E-state index contributed by atoms with van der Waals surface area (Å²) in [5, 5.41) is 13.5. The molecular weight excluding hydrogens is 324 g/mol. The van der Waals surface area contributed by atoms with E-state index in [1.807, 2.05) is 0 Å². The van der Waals surface area contributed by atoms with Crippen LogP contribution in [0.5, 0.6) is 0 Å². The molecule has 0 bridgehead atoms. The van der Waals surface area contributed by atoms with Gasteiger partial charge in [-0.2, -0.15) is 0 Å². The third-order valence-corrected chi connectivity index (χ3v) is 2.99. The van der Waals surface area contributed by atoms with Gasteiger partial charge in [0, 0.05) is 22.8 Å². The Morgan fingerprint density at radius 2 is 1.87 bits per heavy atom. The van der Waals surface area contributed by atoms with E-state index in [2.05, 4.69) is 5.32 Å². The number of benzene rings is 2. The van der Waals surface area contributed by atoms with E-state index in [0.717, 1.165) is 0 Å². The van der Waals surface area contributed by atoms with Gasteiger partial charge in [0.15, 0.2) is 6.61 Å². The molecule has 0 aliphatic rings. The summed E-state index contributed by atoms with van der Waals surface area (Å²) >= 11 is 5.79. The first-order chi connectivity index (χ1) is 11.0. The average Bonchev–Trinajstić information content (AvgIpc) is 2.52. The summed E-state index contributed by atoms with van der Waals surface area (Å²) in [5.74, 6) is -1.27. The molecule has 0 aromatic heterocycles. The van der Waals surface area contributed by atoms with E-state index in [-0.39, 0.29) is 11.3 Å². The van der Waals surface area contributed by atoms with E-state index in [0.29, 0.717) is 10.7 Å². The van der Waals surface area contributed by atoms with E-state index in [9.17, 15) is 19.7 Å². The standard InChI is InChI=1S/C15H11ClN2O5/c16-11-2-1-3-12(8-11)17-14(19)9-23-15(20)10-4-6-13(7-5-10)18(21)22/h1-8H,9H2,(H,17,19). The monoisotopic (exact) mass is 334 g/mol. The Kier molecular flexibility index (Phi) is 5.27. The van der Waals surface area contributed by atoms with Gasteiger partial charge in [-0.05, 0) is 30.3 Å². The smallest absolute Gasteiger partial charge is 0.338 e. The van der Waals surface area contributed by atoms with Gasteiger partial charge in [-0.1, -0.05) is 17.7 Å². The zero-order chi connectivity index (χ0) is 16.8. The highest BCUT2D eigenvalue weighted by Crippen LogP contribution is 2.15. The molecule has 0 aliphatic carbocycles. The molecule has 118 valence electrons. The van der Waals surface area contributed by atoms with Crippen molar-refractivity contribution in [1.29, 1.82) is 0 Å². The van der Waals surface area contributed by atoms with Gasteiger partial charge < -0.3 is 10.1 Å². The molecule has 0 saturated heterocycles. The maximum absolute atomic E-state index is 11.7. The second-order valence-corrected chi connectivity index (χ2v) is 4.88. The molecule has 7 nitrogen and oxygen atoms in total. The molecule has 1 amide bonds. The van der Waals surface area contributed by atoms with E-state index in [4.69, 9.17) is 16.3 Å². The predicted octanol–water partition coefficient (Wildman–Crippen LogP) is 3.04. The van der Waals surface area contributed by atoms with E-state index < -0.39 is 23.4 Å². The molecule has 2 aromatic rings. The first-order valence-corrected chi connectivity index (χ1v) is 6.80. The number of rotatable bonds is 5. The molecule has 8 heteroatoms. The van der Waals surface area contributed by atoms with Crippen LogP contribution >= 0.6 is 11.6 Å². The van der Waals surface area contributed by atoms with Crippen LogP contribution in [0, 0.1) is 10.1 Å². The van der Waals surface area contributed by atoms with Gasteiger partial charge in [-0.3, -0.25) is 14.9 Å². The number of nitrogens with zero attached hydrogens (tertiary/aromatic N) is 1. The number of ether oxygens (including phenoxy) is 1. The highest BCUT2D eigenvalue weighted by Gasteiger charge is 2.12. The Balaban J connectivity index is 1.88. The van der Waals surface area contributed by atoms with Crippen LogP contribution in [0.1, 0.15) is 10.4 Å². The molecule has 0 atom stereocenters. The highest BCUT2D eigenvalue weighted by molar-refractivity contribution is 6.30. The molecule has 0 unspecified atom stereocenters. The van der Waals surface area contributed by atoms with Crippen LogP contribution in [-0.2, 0) is 9.53 Å². The zero-order valence-electron chi connectivity index (χ0n) is 11.7. The summed E-state index contributed by atoms with van der Waals surface area (Å²) in [6, 6.07) is 11.4. The molecular formula is C15H11ClN2O5. The van der Waals surface area contributed by atoms with Crippen LogP contribution in [-0.4, -0.2) is 23.4 Å². The molecule has 0 radical (unpaired) electrons. The fourth-order valence-electron chi connectivity index (χ4n) is 1.70. The fourth-order valence-corrected chi connectivity index (χ4v) is 1.89. The van der Waals surface area contributed by atoms with Crippen LogP contribution in [0.3, 0.4) is 0 Å². The van der Waals surface area contributed by atoms with Crippen molar-refractivity contribution in [3.63, 3.8) is 0 Å². The summed E-state index contributed by atoms with van der Waals surface area (Å²) in [5.41, 5.74) is 0.459. The summed E-state index contributed by atoms with van der Waals surface area (Å²) < 4.78 is 4.84. The quantitative estimate of drug-likeness (QED) is 0.514. The van der Waals surface area contributed by atoms with Gasteiger partial charge in [0.2, 0.25) is 0 Å². The van der Waals surface area contributed by atoms with Gasteiger partial charge >= 0.3 is 5.97 Å². The largest absolute Gasteiger partial charge is 0.452 e. The Morgan fingerprint density at radius 3 is 2.48 bits per heavy atom. The lowest BCUT2D eigenvalue weighted by Gasteiger charge is -2.07. The minimum absolute atomic E-state index is 0.117. The van der Waals surface area contributed by atoms with Gasteiger partial charge in [0.1, 0.15) is 0 Å². The zero-order valence-corrected chi connectivity index (χ0v) is 12.4. The maximum atomic E-state index is 11.7. The number of anilines is 1.